The molecule has 2 saturated heterocycles. The molecule has 0 atom stereocenters. The number of likely N-dealkylation sites (tertiary alicyclic amines) is 1. The van der Waals surface area contributed by atoms with Crippen LogP contribution in [0.5, 0.6) is 17.2 Å². The molecule has 0 bridgehead atoms. The number of rotatable bonds is 31. The number of carbonyl (C=O) groups is 5. The lowest BCUT2D eigenvalue weighted by Crippen LogP contribution is -2.50. The number of aliphatic carboxylic acids is 3. The van der Waals surface area contributed by atoms with Crippen LogP contribution in [0.3, 0.4) is 0 Å². The van der Waals surface area contributed by atoms with Gasteiger partial charge in [-0.3, -0.25) is 67.2 Å². The standard InChI is InChI=1S/C61H82ClN11O19S3/c1-42-46(40-91-55-28-54(90-39-45-26-49(30-63-29-45)93(4,82)83)47(27-52(55)62)32-67(3)34-56(74)64-31-61(94(84,85)86)95(87,88)89)9-5-10-50(42)51-11-6-12-53(43(51)2)92-41-48-33-73(66-65-48)15-7-8-44-13-16-72(17-14-44)57(75)35-68-18-20-69(36-58(76)77)22-24-71(38-60(80)81)25-23-70(21-19-68)37-59(78)79/h5-6,9-12,26-30,33,44,61H,7-8,13-25,31-32,34-41H2,1-4H3,(H,64,74)(H,76,77)(H,78,79)(H,80,81)(H,84,85,86)(H,87,88,89). The lowest BCUT2D eigenvalue weighted by atomic mass is 9.92. The van der Waals surface area contributed by atoms with E-state index < -0.39 is 71.6 Å². The van der Waals surface area contributed by atoms with E-state index in [0.717, 1.165) is 59.8 Å². The average molecular weight is 1410 g/mol. The summed E-state index contributed by atoms with van der Waals surface area (Å²) < 4.78 is 108. The number of hydrogen-bond acceptors (Lipinski definition) is 22. The fourth-order valence-electron chi connectivity index (χ4n) is 11.2. The van der Waals surface area contributed by atoms with E-state index in [1.165, 1.54) is 30.4 Å². The van der Waals surface area contributed by atoms with Gasteiger partial charge in [0.15, 0.2) is 9.84 Å². The van der Waals surface area contributed by atoms with Gasteiger partial charge in [-0.1, -0.05) is 47.1 Å². The lowest BCUT2D eigenvalue weighted by molar-refractivity contribution is -0.141. The summed E-state index contributed by atoms with van der Waals surface area (Å²) in [5, 5.41) is 39.6. The number of pyridine rings is 1. The number of sulfone groups is 1. The van der Waals surface area contributed by atoms with Crippen molar-refractivity contribution in [2.24, 2.45) is 5.92 Å². The van der Waals surface area contributed by atoms with E-state index in [0.29, 0.717) is 87.4 Å². The van der Waals surface area contributed by atoms with Gasteiger partial charge in [0.05, 0.1) is 55.4 Å². The third kappa shape index (κ3) is 23.7. The van der Waals surface area contributed by atoms with Crippen LogP contribution in [-0.4, -0.2) is 251 Å². The fourth-order valence-corrected chi connectivity index (χ4v) is 13.8. The Morgan fingerprint density at radius 3 is 1.79 bits per heavy atom. The Morgan fingerprint density at radius 1 is 0.674 bits per heavy atom. The highest BCUT2D eigenvalue weighted by molar-refractivity contribution is 8.04. The second-order valence-electron chi connectivity index (χ2n) is 23.7. The highest BCUT2D eigenvalue weighted by Crippen LogP contribution is 2.37. The molecule has 30 nitrogen and oxygen atoms in total. The summed E-state index contributed by atoms with van der Waals surface area (Å²) in [7, 11) is -12.7. The first kappa shape index (κ1) is 74.9. The van der Waals surface area contributed by atoms with Crippen molar-refractivity contribution < 1.29 is 87.9 Å². The third-order valence-corrected chi connectivity index (χ3v) is 20.9. The SMILES string of the molecule is Cc1c(COc2cc(OCc3cncc(S(C)(=O)=O)c3)c(CN(C)CC(=O)NCC(S(=O)(=O)O)S(=O)(=O)O)cc2Cl)cccc1-c1cccc(OCc2cn(CCCC3CCN(C(=O)CN4CCN(CC(=O)O)CCN(CC(=O)O)CCN(CC(=O)O)CC4)CC3)nn2)c1C. The van der Waals surface area contributed by atoms with E-state index in [-0.39, 0.29) is 93.0 Å². The molecule has 2 amide bonds. The fraction of sp³-hybridized carbons (Fsp3) is 0.508. The van der Waals surface area contributed by atoms with Crippen LogP contribution in [0.1, 0.15) is 59.2 Å². The first-order chi connectivity index (χ1) is 44.9. The average Bonchev–Trinajstić information content (AvgIpc) is 0.961. The van der Waals surface area contributed by atoms with Gasteiger partial charge in [0.25, 0.3) is 20.2 Å². The molecular weight excluding hydrogens is 1320 g/mol. The summed E-state index contributed by atoms with van der Waals surface area (Å²) in [6, 6.07) is 16.1. The first-order valence-electron chi connectivity index (χ1n) is 30.5. The van der Waals surface area contributed by atoms with Crippen molar-refractivity contribution in [3.05, 3.63) is 112 Å². The normalized spacial score (nSPS) is 15.7. The van der Waals surface area contributed by atoms with E-state index in [1.807, 2.05) is 66.2 Å². The lowest BCUT2D eigenvalue weighted by Gasteiger charge is -2.35. The van der Waals surface area contributed by atoms with E-state index in [9.17, 15) is 73.7 Å². The topological polar surface area (TPSA) is 392 Å². The van der Waals surface area contributed by atoms with Gasteiger partial charge in [-0.15, -0.1) is 5.10 Å². The van der Waals surface area contributed by atoms with Crippen LogP contribution < -0.4 is 19.5 Å². The van der Waals surface area contributed by atoms with Crippen molar-refractivity contribution in [1.29, 1.82) is 0 Å². The smallest absolute Gasteiger partial charge is 0.317 e. The number of nitrogens with one attached hydrogen (secondary N) is 1. The van der Waals surface area contributed by atoms with E-state index in [1.54, 1.807) is 31.5 Å². The first-order valence-corrected chi connectivity index (χ1v) is 35.8. The van der Waals surface area contributed by atoms with Crippen LogP contribution in [0.2, 0.25) is 5.02 Å². The second kappa shape index (κ2) is 34.5. The Morgan fingerprint density at radius 2 is 1.22 bits per heavy atom. The molecule has 520 valence electrons. The molecular formula is C61H82ClN11O19S3. The maximum atomic E-state index is 13.7. The van der Waals surface area contributed by atoms with Crippen molar-refractivity contribution in [3.8, 4) is 28.4 Å². The number of halogens is 1. The Labute approximate surface area is 557 Å². The molecule has 5 aromatic rings. The highest BCUT2D eigenvalue weighted by atomic mass is 35.5. The molecule has 2 fully saturated rings. The zero-order chi connectivity index (χ0) is 69.2. The van der Waals surface area contributed by atoms with E-state index in [4.69, 9.17) is 25.8 Å². The predicted octanol–water partition coefficient (Wildman–Crippen LogP) is 2.89. The van der Waals surface area contributed by atoms with Gasteiger partial charge in [0, 0.05) is 114 Å². The van der Waals surface area contributed by atoms with E-state index in [2.05, 4.69) is 20.6 Å². The molecule has 2 aliphatic heterocycles. The molecule has 4 heterocycles. The summed E-state index contributed by atoms with van der Waals surface area (Å²) in [4.78, 5) is 76.0. The molecule has 7 rings (SSSR count). The molecule has 0 radical (unpaired) electrons. The van der Waals surface area contributed by atoms with E-state index >= 15 is 0 Å². The van der Waals surface area contributed by atoms with Crippen molar-refractivity contribution in [2.45, 2.75) is 81.9 Å². The van der Waals surface area contributed by atoms with Gasteiger partial charge < -0.3 is 39.7 Å². The quantitative estimate of drug-likeness (QED) is 0.0347. The molecule has 0 unspecified atom stereocenters. The van der Waals surface area contributed by atoms with Crippen LogP contribution >= 0.6 is 11.6 Å². The molecule has 6 N–H and O–H groups in total. The number of piperidine rings is 1. The number of amides is 2. The van der Waals surface area contributed by atoms with Crippen LogP contribution in [0, 0.1) is 19.8 Å². The largest absolute Gasteiger partial charge is 0.488 e. The number of benzene rings is 3. The Bertz CT molecular complexity index is 3790. The van der Waals surface area contributed by atoms with Crippen LogP contribution in [0.25, 0.3) is 11.1 Å². The van der Waals surface area contributed by atoms with Gasteiger partial charge >= 0.3 is 17.9 Å². The zero-order valence-electron chi connectivity index (χ0n) is 53.3. The number of carboxylic acids is 3. The molecule has 0 spiro atoms. The molecule has 3 aromatic carbocycles. The minimum absolute atomic E-state index is 0.0276. The zero-order valence-corrected chi connectivity index (χ0v) is 56.5. The number of carboxylic acid groups (broad SMARTS) is 3. The minimum Gasteiger partial charge on any atom is -0.488 e. The van der Waals surface area contributed by atoms with Gasteiger partial charge in [-0.2, -0.15) is 16.8 Å². The molecule has 0 aliphatic carbocycles. The molecule has 34 heteroatoms. The maximum absolute atomic E-state index is 13.7. The van der Waals surface area contributed by atoms with Gasteiger partial charge in [0.2, 0.25) is 16.4 Å². The van der Waals surface area contributed by atoms with Crippen LogP contribution in [-0.2, 0) is 87.0 Å². The monoisotopic (exact) mass is 1400 g/mol. The van der Waals surface area contributed by atoms with Crippen molar-refractivity contribution in [2.75, 3.05) is 118 Å². The summed E-state index contributed by atoms with van der Waals surface area (Å²) >= 11 is 6.85. The number of hydrogen-bond donors (Lipinski definition) is 6. The molecule has 0 saturated carbocycles. The molecule has 2 aliphatic rings. The Hall–Kier alpha value is -7.44. The number of carbonyl (C=O) groups excluding carboxylic acids is 2. The highest BCUT2D eigenvalue weighted by Gasteiger charge is 2.36. The number of aryl methyl sites for hydroxylation is 1. The summed E-state index contributed by atoms with van der Waals surface area (Å²) in [5.41, 5.74) is 5.93. The second-order valence-corrected chi connectivity index (χ2v) is 29.7. The predicted molar refractivity (Wildman–Crippen MR) is 347 cm³/mol. The number of aromatic nitrogens is 4. The summed E-state index contributed by atoms with van der Waals surface area (Å²) in [6.45, 7) is 6.15. The minimum atomic E-state index is -5.30. The number of nitrogens with zero attached hydrogens (tertiary/aromatic N) is 10. The Kier molecular flexibility index (Phi) is 27.2. The molecule has 95 heavy (non-hydrogen) atoms. The number of likely N-dealkylation sites (N-methyl/N-ethyl adjacent to an activating group) is 1. The van der Waals surface area contributed by atoms with Gasteiger partial charge in [-0.25, -0.2) is 8.42 Å². The van der Waals surface area contributed by atoms with Crippen molar-refractivity contribution in [1.82, 2.24) is 54.7 Å². The Balaban J connectivity index is 0.915. The van der Waals surface area contributed by atoms with Crippen LogP contribution in [0.15, 0.2) is 78.1 Å². The van der Waals surface area contributed by atoms with Gasteiger partial charge in [-0.05, 0) is 98.5 Å². The summed E-state index contributed by atoms with van der Waals surface area (Å²) in [5.74, 6) is -2.48. The van der Waals surface area contributed by atoms with Gasteiger partial charge in [0.1, 0.15) is 42.8 Å². The van der Waals surface area contributed by atoms with Crippen LogP contribution in [0.4, 0.5) is 0 Å². The molecule has 2 aromatic heterocycles. The summed E-state index contributed by atoms with van der Waals surface area (Å²) in [6.07, 6.45) is 8.99. The van der Waals surface area contributed by atoms with Crippen molar-refractivity contribution >= 4 is 71.4 Å². The van der Waals surface area contributed by atoms with Crippen molar-refractivity contribution in [3.63, 3.8) is 0 Å². The number of ether oxygens (including phenoxy) is 3. The third-order valence-electron chi connectivity index (χ3n) is 16.4. The maximum Gasteiger partial charge on any atom is 0.317 e.